The zero-order valence-electron chi connectivity index (χ0n) is 16.0. The molecule has 1 atom stereocenters. The van der Waals surface area contributed by atoms with Crippen LogP contribution < -0.4 is 15.6 Å². The molecule has 1 N–H and O–H groups in total. The van der Waals surface area contributed by atoms with Crippen LogP contribution in [-0.4, -0.2) is 32.3 Å². The molecular weight excluding hydrogens is 436 g/mol. The number of benzene rings is 2. The Kier molecular flexibility index (Phi) is 5.97. The second-order valence-electron chi connectivity index (χ2n) is 6.78. The molecule has 1 aliphatic rings. The van der Waals surface area contributed by atoms with Crippen LogP contribution in [0.2, 0.25) is 0 Å². The Labute approximate surface area is 176 Å². The molecule has 0 aliphatic carbocycles. The smallest absolute Gasteiger partial charge is 0.256 e. The van der Waals surface area contributed by atoms with E-state index in [4.69, 9.17) is 13.9 Å². The summed E-state index contributed by atoms with van der Waals surface area (Å²) in [6.07, 6.45) is 2.03. The molecule has 1 aromatic heterocycles. The van der Waals surface area contributed by atoms with E-state index in [1.54, 1.807) is 13.2 Å². The highest BCUT2D eigenvalue weighted by molar-refractivity contribution is 9.10. The summed E-state index contributed by atoms with van der Waals surface area (Å²) in [5.74, 6) is 0.351. The molecule has 2 aromatic carbocycles. The zero-order chi connectivity index (χ0) is 20.2. The van der Waals surface area contributed by atoms with Gasteiger partial charge in [-0.1, -0.05) is 28.1 Å². The Morgan fingerprint density at radius 1 is 1.28 bits per heavy atom. The Morgan fingerprint density at radius 3 is 2.93 bits per heavy atom. The average Bonchev–Trinajstić information content (AvgIpc) is 3.26. The van der Waals surface area contributed by atoms with Crippen molar-refractivity contribution in [1.29, 1.82) is 0 Å². The van der Waals surface area contributed by atoms with Gasteiger partial charge in [0.25, 0.3) is 5.91 Å². The number of halogens is 1. The third kappa shape index (κ3) is 4.52. The van der Waals surface area contributed by atoms with Crippen LogP contribution in [0.3, 0.4) is 0 Å². The van der Waals surface area contributed by atoms with Gasteiger partial charge in [-0.15, -0.1) is 0 Å². The zero-order valence-corrected chi connectivity index (χ0v) is 17.6. The SMILES string of the molecule is COc1ccccc1N=c1oc2ccc(Br)cc2cc1C(=O)NC[C@@H]1CCCO1. The maximum Gasteiger partial charge on any atom is 0.256 e. The number of nitrogens with zero attached hydrogens (tertiary/aromatic N) is 1. The third-order valence-corrected chi connectivity index (χ3v) is 5.27. The highest BCUT2D eigenvalue weighted by Gasteiger charge is 2.19. The highest BCUT2D eigenvalue weighted by atomic mass is 79.9. The molecule has 1 fully saturated rings. The van der Waals surface area contributed by atoms with Gasteiger partial charge in [0.05, 0.1) is 13.2 Å². The molecule has 29 heavy (non-hydrogen) atoms. The molecule has 0 spiro atoms. The molecule has 7 heteroatoms. The lowest BCUT2D eigenvalue weighted by Gasteiger charge is -2.11. The fourth-order valence-electron chi connectivity index (χ4n) is 3.29. The molecular formula is C22H21BrN2O4. The predicted octanol–water partition coefficient (Wildman–Crippen LogP) is 4.35. The Balaban J connectivity index is 1.78. The van der Waals surface area contributed by atoms with E-state index >= 15 is 0 Å². The van der Waals surface area contributed by atoms with Gasteiger partial charge in [0.2, 0.25) is 5.55 Å². The van der Waals surface area contributed by atoms with Gasteiger partial charge >= 0.3 is 0 Å². The van der Waals surface area contributed by atoms with Gasteiger partial charge in [0, 0.05) is 23.0 Å². The third-order valence-electron chi connectivity index (χ3n) is 4.77. The number of hydrogen-bond donors (Lipinski definition) is 1. The van der Waals surface area contributed by atoms with Crippen molar-refractivity contribution in [3.63, 3.8) is 0 Å². The van der Waals surface area contributed by atoms with E-state index in [-0.39, 0.29) is 17.6 Å². The fourth-order valence-corrected chi connectivity index (χ4v) is 3.66. The summed E-state index contributed by atoms with van der Waals surface area (Å²) in [7, 11) is 1.58. The number of methoxy groups -OCH3 is 1. The molecule has 4 rings (SSSR count). The van der Waals surface area contributed by atoms with Gasteiger partial charge in [-0.25, -0.2) is 4.99 Å². The molecule has 150 valence electrons. The van der Waals surface area contributed by atoms with E-state index in [1.165, 1.54) is 0 Å². The fraction of sp³-hybridized carbons (Fsp3) is 0.273. The summed E-state index contributed by atoms with van der Waals surface area (Å²) in [5.41, 5.74) is 1.81. The molecule has 1 saturated heterocycles. The first-order valence-corrected chi connectivity index (χ1v) is 10.2. The van der Waals surface area contributed by atoms with E-state index in [0.717, 1.165) is 29.3 Å². The van der Waals surface area contributed by atoms with Gasteiger partial charge in [0.15, 0.2) is 0 Å². The van der Waals surface area contributed by atoms with Crippen molar-refractivity contribution < 1.29 is 18.7 Å². The minimum atomic E-state index is -0.250. The van der Waals surface area contributed by atoms with Gasteiger partial charge in [-0.3, -0.25) is 4.79 Å². The van der Waals surface area contributed by atoms with Crippen molar-refractivity contribution >= 4 is 38.5 Å². The molecule has 3 aromatic rings. The molecule has 6 nitrogen and oxygen atoms in total. The Hall–Kier alpha value is -2.64. The van der Waals surface area contributed by atoms with Crippen LogP contribution in [0.25, 0.3) is 11.0 Å². The van der Waals surface area contributed by atoms with Crippen molar-refractivity contribution in [1.82, 2.24) is 5.32 Å². The number of nitrogens with one attached hydrogen (secondary N) is 1. The number of fused-ring (bicyclic) bond motifs is 1. The summed E-state index contributed by atoms with van der Waals surface area (Å²) in [4.78, 5) is 17.6. The lowest BCUT2D eigenvalue weighted by atomic mass is 10.1. The van der Waals surface area contributed by atoms with Crippen LogP contribution in [0.1, 0.15) is 23.2 Å². The van der Waals surface area contributed by atoms with Crippen LogP contribution in [0.15, 0.2) is 62.4 Å². The van der Waals surface area contributed by atoms with Crippen molar-refractivity contribution in [2.24, 2.45) is 4.99 Å². The maximum atomic E-state index is 13.0. The van der Waals surface area contributed by atoms with Crippen molar-refractivity contribution in [3.05, 3.63) is 64.1 Å². The molecule has 2 heterocycles. The van der Waals surface area contributed by atoms with E-state index in [2.05, 4.69) is 26.2 Å². The van der Waals surface area contributed by atoms with Gasteiger partial charge < -0.3 is 19.2 Å². The van der Waals surface area contributed by atoms with E-state index in [1.807, 2.05) is 42.5 Å². The normalized spacial score (nSPS) is 16.9. The molecule has 1 aliphatic heterocycles. The Bertz CT molecular complexity index is 1100. The standard InChI is InChI=1S/C22H21BrN2O4/c1-27-20-7-3-2-6-18(20)25-22-17(21(26)24-13-16-5-4-10-28-16)12-14-11-15(23)8-9-19(14)29-22/h2-3,6-9,11-12,16H,4-5,10,13H2,1H3,(H,24,26)/t16-/m0/s1. The summed E-state index contributed by atoms with van der Waals surface area (Å²) < 4.78 is 17.9. The number of rotatable bonds is 5. The van der Waals surface area contributed by atoms with E-state index < -0.39 is 0 Å². The quantitative estimate of drug-likeness (QED) is 0.619. The lowest BCUT2D eigenvalue weighted by molar-refractivity contribution is 0.0854. The second-order valence-corrected chi connectivity index (χ2v) is 7.69. The number of hydrogen-bond acceptors (Lipinski definition) is 5. The number of ether oxygens (including phenoxy) is 2. The minimum absolute atomic E-state index is 0.0556. The summed E-state index contributed by atoms with van der Waals surface area (Å²) in [6.45, 7) is 1.21. The van der Waals surface area contributed by atoms with Crippen molar-refractivity contribution in [3.8, 4) is 5.75 Å². The lowest BCUT2D eigenvalue weighted by Crippen LogP contribution is -2.34. The molecule has 0 bridgehead atoms. The number of carbonyl (C=O) groups excluding carboxylic acids is 1. The summed E-state index contributed by atoms with van der Waals surface area (Å²) in [6, 6.07) is 14.8. The van der Waals surface area contributed by atoms with Crippen molar-refractivity contribution in [2.75, 3.05) is 20.3 Å². The molecule has 1 amide bonds. The molecule has 0 unspecified atom stereocenters. The highest BCUT2D eigenvalue weighted by Crippen LogP contribution is 2.26. The van der Waals surface area contributed by atoms with Crippen LogP contribution in [0.5, 0.6) is 5.75 Å². The van der Waals surface area contributed by atoms with Crippen LogP contribution in [-0.2, 0) is 4.74 Å². The van der Waals surface area contributed by atoms with Crippen LogP contribution >= 0.6 is 15.9 Å². The average molecular weight is 457 g/mol. The topological polar surface area (TPSA) is 73.1 Å². The Morgan fingerprint density at radius 2 is 2.14 bits per heavy atom. The monoisotopic (exact) mass is 456 g/mol. The minimum Gasteiger partial charge on any atom is -0.494 e. The summed E-state index contributed by atoms with van der Waals surface area (Å²) >= 11 is 3.46. The predicted molar refractivity (Wildman–Crippen MR) is 113 cm³/mol. The first kappa shape index (κ1) is 19.7. The number of para-hydroxylation sites is 2. The van der Waals surface area contributed by atoms with Crippen molar-refractivity contribution in [2.45, 2.75) is 18.9 Å². The summed E-state index contributed by atoms with van der Waals surface area (Å²) in [5, 5.41) is 3.75. The molecule has 0 saturated carbocycles. The van der Waals surface area contributed by atoms with Gasteiger partial charge in [-0.2, -0.15) is 0 Å². The van der Waals surface area contributed by atoms with Crippen LogP contribution in [0, 0.1) is 0 Å². The van der Waals surface area contributed by atoms with E-state index in [0.29, 0.717) is 29.1 Å². The first-order valence-electron chi connectivity index (χ1n) is 9.45. The largest absolute Gasteiger partial charge is 0.494 e. The van der Waals surface area contributed by atoms with E-state index in [9.17, 15) is 4.79 Å². The van der Waals surface area contributed by atoms with Gasteiger partial charge in [0.1, 0.15) is 22.6 Å². The van der Waals surface area contributed by atoms with Crippen LogP contribution in [0.4, 0.5) is 5.69 Å². The number of amides is 1. The number of carbonyl (C=O) groups is 1. The second kappa shape index (κ2) is 8.80. The van der Waals surface area contributed by atoms with Gasteiger partial charge in [-0.05, 0) is 49.2 Å². The maximum absolute atomic E-state index is 13.0. The first-order chi connectivity index (χ1) is 14.1. The molecule has 0 radical (unpaired) electrons.